The molecule has 1 unspecified atom stereocenters. The van der Waals surface area contributed by atoms with Gasteiger partial charge in [0.15, 0.2) is 0 Å². The SMILES string of the molecule is CCCCC/C=C\CCCOCC1CO1. The lowest BCUT2D eigenvalue weighted by Crippen LogP contribution is -2.02. The molecule has 88 valence electrons. The monoisotopic (exact) mass is 212 g/mol. The predicted octanol–water partition coefficient (Wildman–Crippen LogP) is 3.32. The topological polar surface area (TPSA) is 21.8 Å². The van der Waals surface area contributed by atoms with Crippen LogP contribution in [0, 0.1) is 0 Å². The fraction of sp³-hybridized carbons (Fsp3) is 0.846. The van der Waals surface area contributed by atoms with Crippen molar-refractivity contribution in [2.45, 2.75) is 51.6 Å². The molecule has 15 heavy (non-hydrogen) atoms. The van der Waals surface area contributed by atoms with Crippen LogP contribution in [0.2, 0.25) is 0 Å². The van der Waals surface area contributed by atoms with Gasteiger partial charge in [-0.15, -0.1) is 0 Å². The molecule has 0 aromatic rings. The van der Waals surface area contributed by atoms with Crippen molar-refractivity contribution in [1.82, 2.24) is 0 Å². The van der Waals surface area contributed by atoms with Crippen molar-refractivity contribution in [3.8, 4) is 0 Å². The van der Waals surface area contributed by atoms with Gasteiger partial charge in [-0.25, -0.2) is 0 Å². The van der Waals surface area contributed by atoms with E-state index in [4.69, 9.17) is 9.47 Å². The first-order valence-electron chi connectivity index (χ1n) is 6.28. The third kappa shape index (κ3) is 8.64. The molecule has 1 aliphatic rings. The van der Waals surface area contributed by atoms with Crippen molar-refractivity contribution in [3.05, 3.63) is 12.2 Å². The Balaban J connectivity index is 1.71. The van der Waals surface area contributed by atoms with Crippen molar-refractivity contribution < 1.29 is 9.47 Å². The third-order valence-corrected chi connectivity index (χ3v) is 2.51. The van der Waals surface area contributed by atoms with Crippen LogP contribution >= 0.6 is 0 Å². The summed E-state index contributed by atoms with van der Waals surface area (Å²) in [6, 6.07) is 0. The standard InChI is InChI=1S/C13H24O2/c1-2-3-4-5-6-7-8-9-10-14-11-13-12-15-13/h6-7,13H,2-5,8-12H2,1H3/b7-6-. The Labute approximate surface area is 93.7 Å². The van der Waals surface area contributed by atoms with Crippen LogP contribution in [0.25, 0.3) is 0 Å². The molecule has 1 atom stereocenters. The molecule has 1 fully saturated rings. The van der Waals surface area contributed by atoms with E-state index in [1.165, 1.54) is 25.7 Å². The number of unbranched alkanes of at least 4 members (excludes halogenated alkanes) is 4. The summed E-state index contributed by atoms with van der Waals surface area (Å²) in [6.45, 7) is 4.81. The highest BCUT2D eigenvalue weighted by molar-refractivity contribution is 4.81. The zero-order chi connectivity index (χ0) is 10.8. The van der Waals surface area contributed by atoms with Gasteiger partial charge in [-0.3, -0.25) is 0 Å². The van der Waals surface area contributed by atoms with E-state index in [1.807, 2.05) is 0 Å². The second-order valence-corrected chi connectivity index (χ2v) is 4.14. The Morgan fingerprint density at radius 1 is 1.20 bits per heavy atom. The summed E-state index contributed by atoms with van der Waals surface area (Å²) in [6.07, 6.45) is 12.5. The van der Waals surface area contributed by atoms with Crippen molar-refractivity contribution >= 4 is 0 Å². The highest BCUT2D eigenvalue weighted by Gasteiger charge is 2.21. The smallest absolute Gasteiger partial charge is 0.104 e. The summed E-state index contributed by atoms with van der Waals surface area (Å²) < 4.78 is 10.5. The fourth-order valence-corrected chi connectivity index (χ4v) is 1.43. The van der Waals surface area contributed by atoms with Gasteiger partial charge < -0.3 is 9.47 Å². The molecule has 0 N–H and O–H groups in total. The highest BCUT2D eigenvalue weighted by atomic mass is 16.6. The maximum Gasteiger partial charge on any atom is 0.104 e. The van der Waals surface area contributed by atoms with Crippen LogP contribution in [-0.4, -0.2) is 25.9 Å². The first-order chi connectivity index (χ1) is 7.43. The van der Waals surface area contributed by atoms with Crippen LogP contribution in [0.1, 0.15) is 45.4 Å². The fourth-order valence-electron chi connectivity index (χ4n) is 1.43. The Kier molecular flexibility index (Phi) is 7.58. The molecule has 1 rings (SSSR count). The summed E-state index contributed by atoms with van der Waals surface area (Å²) in [5.41, 5.74) is 0. The molecule has 2 heteroatoms. The van der Waals surface area contributed by atoms with Gasteiger partial charge in [0, 0.05) is 6.61 Å². The molecule has 0 bridgehead atoms. The number of rotatable bonds is 10. The summed E-state index contributed by atoms with van der Waals surface area (Å²) in [4.78, 5) is 0. The molecular weight excluding hydrogens is 188 g/mol. The van der Waals surface area contributed by atoms with Crippen LogP contribution in [0.5, 0.6) is 0 Å². The average Bonchev–Trinajstić information content (AvgIpc) is 3.05. The molecule has 0 radical (unpaired) electrons. The Hall–Kier alpha value is -0.340. The van der Waals surface area contributed by atoms with E-state index >= 15 is 0 Å². The minimum atomic E-state index is 0.412. The lowest BCUT2D eigenvalue weighted by atomic mass is 10.2. The number of hydrogen-bond donors (Lipinski definition) is 0. The second-order valence-electron chi connectivity index (χ2n) is 4.14. The summed E-state index contributed by atoms with van der Waals surface area (Å²) in [7, 11) is 0. The Morgan fingerprint density at radius 3 is 2.60 bits per heavy atom. The van der Waals surface area contributed by atoms with E-state index in [-0.39, 0.29) is 0 Å². The molecule has 0 aromatic carbocycles. The van der Waals surface area contributed by atoms with Gasteiger partial charge in [0.1, 0.15) is 6.10 Å². The molecule has 1 saturated heterocycles. The summed E-state index contributed by atoms with van der Waals surface area (Å²) in [5, 5.41) is 0. The average molecular weight is 212 g/mol. The van der Waals surface area contributed by atoms with E-state index in [2.05, 4.69) is 19.1 Å². The van der Waals surface area contributed by atoms with Crippen molar-refractivity contribution in [3.63, 3.8) is 0 Å². The quantitative estimate of drug-likeness (QED) is 0.315. The lowest BCUT2D eigenvalue weighted by molar-refractivity contribution is 0.115. The van der Waals surface area contributed by atoms with E-state index in [0.717, 1.165) is 32.7 Å². The zero-order valence-corrected chi connectivity index (χ0v) is 9.91. The van der Waals surface area contributed by atoms with Gasteiger partial charge in [0.05, 0.1) is 13.2 Å². The molecule has 1 aliphatic heterocycles. The molecule has 0 saturated carbocycles. The van der Waals surface area contributed by atoms with Crippen LogP contribution in [0.15, 0.2) is 12.2 Å². The van der Waals surface area contributed by atoms with Crippen LogP contribution < -0.4 is 0 Å². The summed E-state index contributed by atoms with van der Waals surface area (Å²) >= 11 is 0. The minimum absolute atomic E-state index is 0.412. The van der Waals surface area contributed by atoms with Crippen molar-refractivity contribution in [2.24, 2.45) is 0 Å². The van der Waals surface area contributed by atoms with E-state index in [1.54, 1.807) is 0 Å². The van der Waals surface area contributed by atoms with E-state index < -0.39 is 0 Å². The zero-order valence-electron chi connectivity index (χ0n) is 9.91. The van der Waals surface area contributed by atoms with Gasteiger partial charge in [0.25, 0.3) is 0 Å². The molecule has 1 heterocycles. The maximum absolute atomic E-state index is 5.44. The molecule has 0 aromatic heterocycles. The number of ether oxygens (including phenoxy) is 2. The summed E-state index contributed by atoms with van der Waals surface area (Å²) in [5.74, 6) is 0. The first kappa shape index (κ1) is 12.7. The van der Waals surface area contributed by atoms with E-state index in [9.17, 15) is 0 Å². The van der Waals surface area contributed by atoms with Gasteiger partial charge in [-0.2, -0.15) is 0 Å². The first-order valence-corrected chi connectivity index (χ1v) is 6.28. The minimum Gasteiger partial charge on any atom is -0.379 e. The number of epoxide rings is 1. The van der Waals surface area contributed by atoms with Gasteiger partial charge >= 0.3 is 0 Å². The van der Waals surface area contributed by atoms with Crippen molar-refractivity contribution in [1.29, 1.82) is 0 Å². The van der Waals surface area contributed by atoms with Crippen LogP contribution in [0.4, 0.5) is 0 Å². The predicted molar refractivity (Wildman–Crippen MR) is 63.1 cm³/mol. The lowest BCUT2D eigenvalue weighted by Gasteiger charge is -1.99. The second kappa shape index (κ2) is 8.93. The van der Waals surface area contributed by atoms with Crippen LogP contribution in [-0.2, 0) is 9.47 Å². The molecule has 2 nitrogen and oxygen atoms in total. The Morgan fingerprint density at radius 2 is 1.93 bits per heavy atom. The molecule has 0 amide bonds. The van der Waals surface area contributed by atoms with Gasteiger partial charge in [-0.1, -0.05) is 31.9 Å². The molecular formula is C13H24O2. The third-order valence-electron chi connectivity index (χ3n) is 2.51. The van der Waals surface area contributed by atoms with Gasteiger partial charge in [0.2, 0.25) is 0 Å². The van der Waals surface area contributed by atoms with Gasteiger partial charge in [-0.05, 0) is 25.7 Å². The number of allylic oxidation sites excluding steroid dienone is 2. The van der Waals surface area contributed by atoms with Crippen molar-refractivity contribution in [2.75, 3.05) is 19.8 Å². The highest BCUT2D eigenvalue weighted by Crippen LogP contribution is 2.08. The Bertz CT molecular complexity index is 162. The normalized spacial score (nSPS) is 19.9. The maximum atomic E-state index is 5.44. The largest absolute Gasteiger partial charge is 0.379 e. The van der Waals surface area contributed by atoms with Crippen LogP contribution in [0.3, 0.4) is 0 Å². The molecule has 0 spiro atoms. The van der Waals surface area contributed by atoms with E-state index in [0.29, 0.717) is 6.10 Å². The number of hydrogen-bond acceptors (Lipinski definition) is 2. The molecule has 0 aliphatic carbocycles.